The lowest BCUT2D eigenvalue weighted by molar-refractivity contribution is 1.11. The third kappa shape index (κ3) is 6.29. The molecule has 0 atom stereocenters. The van der Waals surface area contributed by atoms with E-state index in [9.17, 15) is 0 Å². The zero-order valence-electron chi connectivity index (χ0n) is 31.4. The second-order valence-corrected chi connectivity index (χ2v) is 14.8. The second kappa shape index (κ2) is 14.7. The first kappa shape index (κ1) is 33.7. The van der Waals surface area contributed by atoms with Gasteiger partial charge in [-0.2, -0.15) is 0 Å². The molecular weight excluding hydrogens is 677 g/mol. The Balaban J connectivity index is 0.967. The van der Waals surface area contributed by atoms with Gasteiger partial charge in [-0.15, -0.1) is 0 Å². The topological polar surface area (TPSA) is 6.48 Å². The minimum Gasteiger partial charge on any atom is -0.310 e. The zero-order valence-corrected chi connectivity index (χ0v) is 31.4. The van der Waals surface area contributed by atoms with Crippen molar-refractivity contribution >= 4 is 67.8 Å². The predicted molar refractivity (Wildman–Crippen MR) is 239 cm³/mol. The number of fused-ring (bicyclic) bond motifs is 6. The van der Waals surface area contributed by atoms with Gasteiger partial charge in [0, 0.05) is 33.5 Å². The molecule has 0 aliphatic heterocycles. The molecule has 0 amide bonds. The molecule has 2 aliphatic rings. The highest BCUT2D eigenvalue weighted by Crippen LogP contribution is 2.44. The maximum atomic E-state index is 2.41. The predicted octanol–water partition coefficient (Wildman–Crippen LogP) is 14.4. The lowest BCUT2D eigenvalue weighted by Crippen LogP contribution is -2.12. The molecule has 2 heteroatoms. The molecule has 8 aromatic rings. The van der Waals surface area contributed by atoms with Gasteiger partial charge in [-0.25, -0.2) is 0 Å². The molecule has 56 heavy (non-hydrogen) atoms. The standard InChI is InChI=1S/C54H42N2/c1-3-17-43(18-4-1)55(53-37-41-15-7-9-21-47(41)49-23-11-13-25-51(49)53)45-33-29-39(30-34-45)27-28-40-31-35-46(36-32-40)56(44-19-5-2-6-20-44)54-38-42-16-8-10-22-48(42)50-24-12-14-26-52(50)54/h1-14,17-20,23-38H,15-16,21-22H2. The van der Waals surface area contributed by atoms with Gasteiger partial charge in [-0.1, -0.05) is 146 Å². The van der Waals surface area contributed by atoms with Crippen LogP contribution in [0.5, 0.6) is 0 Å². The number of rotatable bonds is 8. The summed E-state index contributed by atoms with van der Waals surface area (Å²) in [5, 5.41) is 5.24. The number of para-hydroxylation sites is 2. The van der Waals surface area contributed by atoms with Crippen LogP contribution < -0.4 is 9.80 Å². The lowest BCUT2D eigenvalue weighted by atomic mass is 9.90. The Kier molecular flexibility index (Phi) is 8.85. The Morgan fingerprint density at radius 1 is 0.321 bits per heavy atom. The lowest BCUT2D eigenvalue weighted by Gasteiger charge is -2.29. The van der Waals surface area contributed by atoms with Gasteiger partial charge in [-0.05, 0) is 131 Å². The van der Waals surface area contributed by atoms with E-state index in [4.69, 9.17) is 0 Å². The number of hydrogen-bond acceptors (Lipinski definition) is 2. The Morgan fingerprint density at radius 3 is 1.07 bits per heavy atom. The van der Waals surface area contributed by atoms with Gasteiger partial charge < -0.3 is 9.80 Å². The van der Waals surface area contributed by atoms with Crippen molar-refractivity contribution in [1.82, 2.24) is 0 Å². The van der Waals surface area contributed by atoms with Crippen molar-refractivity contribution in [1.29, 1.82) is 0 Å². The van der Waals surface area contributed by atoms with E-state index >= 15 is 0 Å². The highest BCUT2D eigenvalue weighted by Gasteiger charge is 2.21. The molecule has 0 N–H and O–H groups in total. The van der Waals surface area contributed by atoms with Crippen LogP contribution in [0.4, 0.5) is 34.1 Å². The first-order valence-corrected chi connectivity index (χ1v) is 19.7. The minimum atomic E-state index is 0.966. The van der Waals surface area contributed by atoms with Crippen LogP contribution in [0, 0.1) is 0 Å². The molecule has 0 unspecified atom stereocenters. The average Bonchev–Trinajstić information content (AvgIpc) is 3.27. The highest BCUT2D eigenvalue weighted by molar-refractivity contribution is 6.03. The summed E-state index contributed by atoms with van der Waals surface area (Å²) in [4.78, 5) is 4.82. The van der Waals surface area contributed by atoms with Crippen molar-refractivity contribution in [3.8, 4) is 0 Å². The van der Waals surface area contributed by atoms with Gasteiger partial charge in [0.15, 0.2) is 0 Å². The first-order chi connectivity index (χ1) is 27.8. The van der Waals surface area contributed by atoms with Crippen LogP contribution in [0.3, 0.4) is 0 Å². The van der Waals surface area contributed by atoms with Crippen LogP contribution in [-0.4, -0.2) is 0 Å². The number of hydrogen-bond donors (Lipinski definition) is 0. The Labute approximate surface area is 329 Å². The zero-order chi connectivity index (χ0) is 37.3. The van der Waals surface area contributed by atoms with E-state index in [1.807, 2.05) is 0 Å². The third-order valence-electron chi connectivity index (χ3n) is 11.4. The third-order valence-corrected chi connectivity index (χ3v) is 11.4. The SMILES string of the molecule is C1=CCc2c(cc(N(c3ccccc3)c3ccc(C=Cc4ccc(N(c5ccccc5)c5cc6c(c7ccccc57)CC=CC6)cc4)cc3)c3ccccc23)C1. The quantitative estimate of drug-likeness (QED) is 0.114. The summed E-state index contributed by atoms with van der Waals surface area (Å²) in [6.45, 7) is 0. The van der Waals surface area contributed by atoms with Crippen molar-refractivity contribution < 1.29 is 0 Å². The highest BCUT2D eigenvalue weighted by atomic mass is 15.1. The van der Waals surface area contributed by atoms with E-state index in [0.717, 1.165) is 59.6 Å². The number of anilines is 6. The van der Waals surface area contributed by atoms with Gasteiger partial charge in [0.25, 0.3) is 0 Å². The summed E-state index contributed by atoms with van der Waals surface area (Å²) >= 11 is 0. The summed E-state index contributed by atoms with van der Waals surface area (Å²) < 4.78 is 0. The number of benzene rings is 8. The second-order valence-electron chi connectivity index (χ2n) is 14.8. The molecule has 268 valence electrons. The number of allylic oxidation sites excluding steroid dienone is 4. The summed E-state index contributed by atoms with van der Waals surface area (Å²) in [5.41, 5.74) is 15.1. The molecule has 0 saturated heterocycles. The fourth-order valence-electron chi connectivity index (χ4n) is 8.65. The van der Waals surface area contributed by atoms with Gasteiger partial charge in [-0.3, -0.25) is 0 Å². The van der Waals surface area contributed by atoms with Crippen LogP contribution in [0.1, 0.15) is 33.4 Å². The van der Waals surface area contributed by atoms with Crippen molar-refractivity contribution in [2.45, 2.75) is 25.7 Å². The Bertz CT molecular complexity index is 2580. The van der Waals surface area contributed by atoms with Crippen molar-refractivity contribution in [2.24, 2.45) is 0 Å². The van der Waals surface area contributed by atoms with Crippen LogP contribution in [0.2, 0.25) is 0 Å². The molecule has 8 aromatic carbocycles. The summed E-state index contributed by atoms with van der Waals surface area (Å²) in [6.07, 6.45) is 17.5. The van der Waals surface area contributed by atoms with Crippen molar-refractivity contribution in [3.63, 3.8) is 0 Å². The summed E-state index contributed by atoms with van der Waals surface area (Å²) in [6, 6.07) is 62.0. The van der Waals surface area contributed by atoms with E-state index < -0.39 is 0 Å². The largest absolute Gasteiger partial charge is 0.310 e. The van der Waals surface area contributed by atoms with Gasteiger partial charge >= 0.3 is 0 Å². The Morgan fingerprint density at radius 2 is 0.661 bits per heavy atom. The van der Waals surface area contributed by atoms with Crippen LogP contribution >= 0.6 is 0 Å². The molecule has 2 nitrogen and oxygen atoms in total. The first-order valence-electron chi connectivity index (χ1n) is 19.7. The molecule has 0 fully saturated rings. The molecule has 0 bridgehead atoms. The molecule has 2 aliphatic carbocycles. The molecular formula is C54H42N2. The van der Waals surface area contributed by atoms with Crippen molar-refractivity contribution in [3.05, 3.63) is 228 Å². The van der Waals surface area contributed by atoms with Gasteiger partial charge in [0.1, 0.15) is 0 Å². The van der Waals surface area contributed by atoms with E-state index in [1.165, 1.54) is 55.2 Å². The van der Waals surface area contributed by atoms with E-state index in [0.29, 0.717) is 0 Å². The van der Waals surface area contributed by atoms with Crippen LogP contribution in [-0.2, 0) is 25.7 Å². The average molecular weight is 719 g/mol. The fourth-order valence-corrected chi connectivity index (χ4v) is 8.65. The molecule has 0 aromatic heterocycles. The minimum absolute atomic E-state index is 0.966. The van der Waals surface area contributed by atoms with E-state index in [-0.39, 0.29) is 0 Å². The smallest absolute Gasteiger partial charge is 0.0543 e. The molecule has 0 heterocycles. The molecule has 0 radical (unpaired) electrons. The summed E-state index contributed by atoms with van der Waals surface area (Å²) in [5.74, 6) is 0. The molecule has 0 saturated carbocycles. The molecule has 10 rings (SSSR count). The van der Waals surface area contributed by atoms with Gasteiger partial charge in [0.05, 0.1) is 11.4 Å². The van der Waals surface area contributed by atoms with Crippen molar-refractivity contribution in [2.75, 3.05) is 9.80 Å². The molecule has 0 spiro atoms. The van der Waals surface area contributed by atoms with Crippen LogP contribution in [0.25, 0.3) is 33.7 Å². The van der Waals surface area contributed by atoms with Crippen LogP contribution in [0.15, 0.2) is 194 Å². The van der Waals surface area contributed by atoms with E-state index in [1.54, 1.807) is 0 Å². The Hall–Kier alpha value is -6.90. The maximum Gasteiger partial charge on any atom is 0.0543 e. The fraction of sp³-hybridized carbons (Fsp3) is 0.0741. The van der Waals surface area contributed by atoms with Gasteiger partial charge in [0.2, 0.25) is 0 Å². The van der Waals surface area contributed by atoms with E-state index in [2.05, 4.69) is 216 Å². The summed E-state index contributed by atoms with van der Waals surface area (Å²) in [7, 11) is 0. The normalized spacial score (nSPS) is 13.2. The number of nitrogens with zero attached hydrogens (tertiary/aromatic N) is 2. The monoisotopic (exact) mass is 718 g/mol. The maximum absolute atomic E-state index is 2.41.